The molecule has 1 amide bonds. The molecule has 0 aliphatic carbocycles. The van der Waals surface area contributed by atoms with Crippen molar-refractivity contribution in [1.29, 1.82) is 0 Å². The van der Waals surface area contributed by atoms with Crippen LogP contribution in [0.1, 0.15) is 18.7 Å². The minimum Gasteiger partial charge on any atom is -0.497 e. The Morgan fingerprint density at radius 3 is 2.55 bits per heavy atom. The van der Waals surface area contributed by atoms with Crippen LogP contribution < -0.4 is 15.2 Å². The van der Waals surface area contributed by atoms with E-state index in [1.54, 1.807) is 44.1 Å². The topological polar surface area (TPSA) is 90.5 Å². The number of aryl methyl sites for hydroxylation is 1. The third-order valence-electron chi connectivity index (χ3n) is 5.45. The predicted octanol–water partition coefficient (Wildman–Crippen LogP) is 4.15. The number of carbonyl (C=O) groups excluding carboxylic acids is 1. The SMILES string of the molecule is C=CCN(C(=O)[C@H](C)n1nc(-c2ccc(OC)cc2)c2c(C)onc2c1=O)c1ccccc1. The molecule has 0 saturated carbocycles. The monoisotopic (exact) mass is 444 g/mol. The molecule has 1 atom stereocenters. The Morgan fingerprint density at radius 1 is 1.21 bits per heavy atom. The quantitative estimate of drug-likeness (QED) is 0.398. The largest absolute Gasteiger partial charge is 0.497 e. The zero-order valence-electron chi connectivity index (χ0n) is 18.7. The number of amides is 1. The van der Waals surface area contributed by atoms with Gasteiger partial charge in [-0.3, -0.25) is 9.59 Å². The van der Waals surface area contributed by atoms with Gasteiger partial charge in [-0.2, -0.15) is 5.10 Å². The molecule has 0 saturated heterocycles. The minimum atomic E-state index is -0.893. The normalized spacial score (nSPS) is 11.8. The van der Waals surface area contributed by atoms with E-state index >= 15 is 0 Å². The van der Waals surface area contributed by atoms with Gasteiger partial charge in [0.05, 0.1) is 12.5 Å². The maximum absolute atomic E-state index is 13.5. The van der Waals surface area contributed by atoms with Gasteiger partial charge in [-0.15, -0.1) is 6.58 Å². The molecule has 168 valence electrons. The van der Waals surface area contributed by atoms with Gasteiger partial charge in [0, 0.05) is 17.8 Å². The molecule has 4 rings (SSSR count). The van der Waals surface area contributed by atoms with E-state index in [0.29, 0.717) is 34.8 Å². The number of benzene rings is 2. The summed E-state index contributed by atoms with van der Waals surface area (Å²) >= 11 is 0. The first-order valence-corrected chi connectivity index (χ1v) is 10.5. The molecule has 8 heteroatoms. The van der Waals surface area contributed by atoms with Crippen LogP contribution in [0, 0.1) is 6.92 Å². The molecule has 2 aromatic carbocycles. The molecule has 4 aromatic rings. The zero-order chi connectivity index (χ0) is 23.5. The summed E-state index contributed by atoms with van der Waals surface area (Å²) in [4.78, 5) is 28.3. The Kier molecular flexibility index (Phi) is 6.08. The molecule has 0 spiro atoms. The Hall–Kier alpha value is -4.20. The maximum atomic E-state index is 13.5. The summed E-state index contributed by atoms with van der Waals surface area (Å²) < 4.78 is 11.7. The lowest BCUT2D eigenvalue weighted by Crippen LogP contribution is -2.40. The van der Waals surface area contributed by atoms with Gasteiger partial charge in [-0.25, -0.2) is 4.68 Å². The van der Waals surface area contributed by atoms with Gasteiger partial charge in [0.2, 0.25) is 0 Å². The van der Waals surface area contributed by atoms with E-state index in [0.717, 1.165) is 5.56 Å². The van der Waals surface area contributed by atoms with Gasteiger partial charge in [0.25, 0.3) is 11.5 Å². The van der Waals surface area contributed by atoms with Crippen molar-refractivity contribution in [3.05, 3.63) is 83.4 Å². The van der Waals surface area contributed by atoms with Crippen LogP contribution in [0.25, 0.3) is 22.2 Å². The Bertz CT molecular complexity index is 1360. The van der Waals surface area contributed by atoms with Crippen LogP contribution in [-0.4, -0.2) is 34.5 Å². The second kappa shape index (κ2) is 9.12. The first kappa shape index (κ1) is 22.0. The average molecular weight is 444 g/mol. The highest BCUT2D eigenvalue weighted by Gasteiger charge is 2.27. The number of ether oxygens (including phenoxy) is 1. The Labute approximate surface area is 190 Å². The van der Waals surface area contributed by atoms with Crippen LogP contribution in [0.4, 0.5) is 5.69 Å². The van der Waals surface area contributed by atoms with Crippen molar-refractivity contribution in [2.24, 2.45) is 0 Å². The average Bonchev–Trinajstić information content (AvgIpc) is 3.25. The van der Waals surface area contributed by atoms with Gasteiger partial charge in [-0.1, -0.05) is 29.4 Å². The number of aromatic nitrogens is 3. The molecule has 0 aliphatic heterocycles. The Morgan fingerprint density at radius 2 is 1.91 bits per heavy atom. The van der Waals surface area contributed by atoms with Gasteiger partial charge in [0.1, 0.15) is 23.2 Å². The number of carbonyl (C=O) groups is 1. The van der Waals surface area contributed by atoms with Crippen molar-refractivity contribution < 1.29 is 14.1 Å². The van der Waals surface area contributed by atoms with Gasteiger partial charge < -0.3 is 14.2 Å². The second-order valence-corrected chi connectivity index (χ2v) is 7.54. The van der Waals surface area contributed by atoms with Crippen LogP contribution in [0.15, 0.2) is 76.6 Å². The lowest BCUT2D eigenvalue weighted by atomic mass is 10.1. The van der Waals surface area contributed by atoms with Crippen molar-refractivity contribution in [2.45, 2.75) is 19.9 Å². The summed E-state index contributed by atoms with van der Waals surface area (Å²) in [6.45, 7) is 7.42. The van der Waals surface area contributed by atoms with Crippen LogP contribution in [0.3, 0.4) is 0 Å². The van der Waals surface area contributed by atoms with Crippen molar-refractivity contribution >= 4 is 22.5 Å². The number of hydrogen-bond acceptors (Lipinski definition) is 6. The third kappa shape index (κ3) is 4.03. The fourth-order valence-electron chi connectivity index (χ4n) is 3.71. The number of anilines is 1. The van der Waals surface area contributed by atoms with E-state index in [4.69, 9.17) is 9.26 Å². The summed E-state index contributed by atoms with van der Waals surface area (Å²) in [6.07, 6.45) is 1.64. The van der Waals surface area contributed by atoms with E-state index in [2.05, 4.69) is 16.8 Å². The highest BCUT2D eigenvalue weighted by atomic mass is 16.5. The molecule has 0 aliphatic rings. The predicted molar refractivity (Wildman–Crippen MR) is 126 cm³/mol. The van der Waals surface area contributed by atoms with Crippen molar-refractivity contribution in [2.75, 3.05) is 18.6 Å². The molecule has 0 bridgehead atoms. The third-order valence-corrected chi connectivity index (χ3v) is 5.45. The zero-order valence-corrected chi connectivity index (χ0v) is 18.7. The number of nitrogens with zero attached hydrogens (tertiary/aromatic N) is 4. The van der Waals surface area contributed by atoms with Crippen molar-refractivity contribution in [1.82, 2.24) is 14.9 Å². The molecule has 8 nitrogen and oxygen atoms in total. The van der Waals surface area contributed by atoms with Crippen LogP contribution in [-0.2, 0) is 4.79 Å². The molecular weight excluding hydrogens is 420 g/mol. The Balaban J connectivity index is 1.84. The maximum Gasteiger partial charge on any atom is 0.297 e. The van der Waals surface area contributed by atoms with Gasteiger partial charge in [-0.05, 0) is 50.2 Å². The number of rotatable bonds is 7. The van der Waals surface area contributed by atoms with E-state index in [9.17, 15) is 9.59 Å². The molecule has 0 fully saturated rings. The smallest absolute Gasteiger partial charge is 0.297 e. The molecular formula is C25H24N4O4. The van der Waals surface area contributed by atoms with E-state index in [1.807, 2.05) is 42.5 Å². The number of para-hydroxylation sites is 1. The van der Waals surface area contributed by atoms with Gasteiger partial charge >= 0.3 is 0 Å². The van der Waals surface area contributed by atoms with Gasteiger partial charge in [0.15, 0.2) is 5.52 Å². The van der Waals surface area contributed by atoms with Crippen LogP contribution in [0.5, 0.6) is 5.75 Å². The van der Waals surface area contributed by atoms with E-state index in [-0.39, 0.29) is 11.4 Å². The second-order valence-electron chi connectivity index (χ2n) is 7.54. The number of hydrogen-bond donors (Lipinski definition) is 0. The number of fused-ring (bicyclic) bond motifs is 1. The van der Waals surface area contributed by atoms with Crippen molar-refractivity contribution in [3.8, 4) is 17.0 Å². The fourth-order valence-corrected chi connectivity index (χ4v) is 3.71. The van der Waals surface area contributed by atoms with Crippen LogP contribution >= 0.6 is 0 Å². The molecule has 2 aromatic heterocycles. The van der Waals surface area contributed by atoms with E-state index < -0.39 is 11.6 Å². The molecule has 33 heavy (non-hydrogen) atoms. The molecule has 0 radical (unpaired) electrons. The van der Waals surface area contributed by atoms with Crippen LogP contribution in [0.2, 0.25) is 0 Å². The van der Waals surface area contributed by atoms with E-state index in [1.165, 1.54) is 4.68 Å². The molecule has 0 N–H and O–H groups in total. The fraction of sp³-hybridized carbons (Fsp3) is 0.200. The lowest BCUT2D eigenvalue weighted by Gasteiger charge is -2.25. The molecule has 2 heterocycles. The highest BCUT2D eigenvalue weighted by Crippen LogP contribution is 2.29. The summed E-state index contributed by atoms with van der Waals surface area (Å²) in [5.41, 5.74) is 1.58. The highest BCUT2D eigenvalue weighted by molar-refractivity contribution is 5.97. The summed E-state index contributed by atoms with van der Waals surface area (Å²) in [7, 11) is 1.59. The lowest BCUT2D eigenvalue weighted by molar-refractivity contribution is -0.121. The summed E-state index contributed by atoms with van der Waals surface area (Å²) in [6, 6.07) is 15.6. The first-order chi connectivity index (χ1) is 16.0. The molecule has 0 unspecified atom stereocenters. The summed E-state index contributed by atoms with van der Waals surface area (Å²) in [5.74, 6) is 0.872. The number of methoxy groups -OCH3 is 1. The first-order valence-electron chi connectivity index (χ1n) is 10.5. The standard InChI is InChI=1S/C25H24N4O4/c1-5-15-28(19-9-7-6-8-10-19)24(30)16(2)29-25(31)23-21(17(3)33-27-23)22(26-29)18-11-13-20(32-4)14-12-18/h5-14,16H,1,15H2,2-4H3/t16-/m0/s1. The summed E-state index contributed by atoms with van der Waals surface area (Å²) in [5, 5.41) is 9.09. The van der Waals surface area contributed by atoms with Crippen molar-refractivity contribution in [3.63, 3.8) is 0 Å². The minimum absolute atomic E-state index is 0.128.